The first kappa shape index (κ1) is 15.1. The van der Waals surface area contributed by atoms with Crippen molar-refractivity contribution in [3.8, 4) is 0 Å². The summed E-state index contributed by atoms with van der Waals surface area (Å²) in [6, 6.07) is 6.10. The largest absolute Gasteiger partial charge is 0.376 e. The fourth-order valence-corrected chi connectivity index (χ4v) is 3.14. The van der Waals surface area contributed by atoms with E-state index in [0.717, 1.165) is 31.6 Å². The summed E-state index contributed by atoms with van der Waals surface area (Å²) in [4.78, 5) is 0. The van der Waals surface area contributed by atoms with Gasteiger partial charge in [0.15, 0.2) is 0 Å². The summed E-state index contributed by atoms with van der Waals surface area (Å²) in [5, 5.41) is 4.81. The van der Waals surface area contributed by atoms with Crippen molar-refractivity contribution < 1.29 is 4.74 Å². The van der Waals surface area contributed by atoms with Crippen molar-refractivity contribution in [1.82, 2.24) is 5.32 Å². The second-order valence-corrected chi connectivity index (χ2v) is 5.97. The van der Waals surface area contributed by atoms with Crippen molar-refractivity contribution in [2.75, 3.05) is 13.2 Å². The van der Waals surface area contributed by atoms with E-state index in [1.165, 1.54) is 0 Å². The van der Waals surface area contributed by atoms with Crippen LogP contribution in [-0.4, -0.2) is 25.3 Å². The van der Waals surface area contributed by atoms with E-state index in [-0.39, 0.29) is 6.10 Å². The highest BCUT2D eigenvalue weighted by Crippen LogP contribution is 2.29. The molecule has 2 nitrogen and oxygen atoms in total. The van der Waals surface area contributed by atoms with Gasteiger partial charge < -0.3 is 10.1 Å². The molecule has 19 heavy (non-hydrogen) atoms. The molecule has 2 rings (SSSR count). The number of rotatable bonds is 5. The van der Waals surface area contributed by atoms with Crippen LogP contribution in [0.5, 0.6) is 0 Å². The van der Waals surface area contributed by atoms with E-state index in [1.54, 1.807) is 0 Å². The van der Waals surface area contributed by atoms with Crippen LogP contribution in [0.15, 0.2) is 18.2 Å². The van der Waals surface area contributed by atoms with E-state index >= 15 is 0 Å². The van der Waals surface area contributed by atoms with Gasteiger partial charge in [-0.2, -0.15) is 0 Å². The summed E-state index contributed by atoms with van der Waals surface area (Å²) in [5.74, 6) is 0.585. The molecule has 1 aliphatic heterocycles. The first-order valence-electron chi connectivity index (χ1n) is 6.91. The minimum absolute atomic E-state index is 0.259. The summed E-state index contributed by atoms with van der Waals surface area (Å²) < 4.78 is 5.88. The van der Waals surface area contributed by atoms with Gasteiger partial charge in [-0.05, 0) is 36.9 Å². The van der Waals surface area contributed by atoms with Gasteiger partial charge >= 0.3 is 0 Å². The predicted octanol–water partition coefficient (Wildman–Crippen LogP) is 3.94. The lowest BCUT2D eigenvalue weighted by Gasteiger charge is -2.27. The Morgan fingerprint density at radius 3 is 2.84 bits per heavy atom. The van der Waals surface area contributed by atoms with E-state index in [4.69, 9.17) is 27.9 Å². The maximum absolute atomic E-state index is 6.28. The Morgan fingerprint density at radius 1 is 1.42 bits per heavy atom. The maximum Gasteiger partial charge on any atom is 0.0757 e. The third-order valence-electron chi connectivity index (χ3n) is 3.78. The van der Waals surface area contributed by atoms with Gasteiger partial charge in [-0.1, -0.05) is 49.2 Å². The van der Waals surface area contributed by atoms with Crippen LogP contribution in [0.3, 0.4) is 0 Å². The van der Waals surface area contributed by atoms with Crippen molar-refractivity contribution in [1.29, 1.82) is 0 Å². The highest BCUT2D eigenvalue weighted by atomic mass is 35.5. The van der Waals surface area contributed by atoms with Gasteiger partial charge in [0.05, 0.1) is 16.1 Å². The standard InChI is InChI=1S/C15H21Cl2NO/c1-3-18-13(15-10(2)7-8-19-15)9-11-5-4-6-12(16)14(11)17/h4-6,10,13,15,18H,3,7-9H2,1-2H3. The van der Waals surface area contributed by atoms with Crippen LogP contribution < -0.4 is 5.32 Å². The smallest absolute Gasteiger partial charge is 0.0757 e. The van der Waals surface area contributed by atoms with Crippen molar-refractivity contribution >= 4 is 23.2 Å². The molecule has 4 heteroatoms. The molecular formula is C15H21Cl2NO. The molecule has 1 heterocycles. The maximum atomic E-state index is 6.28. The quantitative estimate of drug-likeness (QED) is 0.889. The predicted molar refractivity (Wildman–Crippen MR) is 81.2 cm³/mol. The van der Waals surface area contributed by atoms with Gasteiger partial charge in [-0.15, -0.1) is 0 Å². The number of halogens is 2. The van der Waals surface area contributed by atoms with Crippen LogP contribution in [0.4, 0.5) is 0 Å². The molecular weight excluding hydrogens is 281 g/mol. The highest BCUT2D eigenvalue weighted by molar-refractivity contribution is 6.42. The number of ether oxygens (including phenoxy) is 1. The van der Waals surface area contributed by atoms with Crippen molar-refractivity contribution in [3.05, 3.63) is 33.8 Å². The van der Waals surface area contributed by atoms with Gasteiger partial charge in [0.1, 0.15) is 0 Å². The Bertz CT molecular complexity index is 425. The summed E-state index contributed by atoms with van der Waals surface area (Å²) >= 11 is 12.4. The van der Waals surface area contributed by atoms with Gasteiger partial charge in [0, 0.05) is 12.6 Å². The molecule has 0 spiro atoms. The lowest BCUT2D eigenvalue weighted by Crippen LogP contribution is -2.43. The molecule has 1 aliphatic rings. The molecule has 106 valence electrons. The molecule has 1 saturated heterocycles. The molecule has 3 atom stereocenters. The third kappa shape index (κ3) is 3.63. The zero-order valence-corrected chi connectivity index (χ0v) is 13.0. The molecule has 0 radical (unpaired) electrons. The molecule has 1 aromatic rings. The van der Waals surface area contributed by atoms with Crippen molar-refractivity contribution in [2.24, 2.45) is 5.92 Å². The Morgan fingerprint density at radius 2 is 2.21 bits per heavy atom. The Labute approximate surface area is 125 Å². The summed E-state index contributed by atoms with van der Waals surface area (Å²) in [6.07, 6.45) is 2.24. The third-order valence-corrected chi connectivity index (χ3v) is 4.64. The number of benzene rings is 1. The number of hydrogen-bond acceptors (Lipinski definition) is 2. The zero-order chi connectivity index (χ0) is 13.8. The minimum atomic E-state index is 0.259. The summed E-state index contributed by atoms with van der Waals surface area (Å²) in [5.41, 5.74) is 1.09. The molecule has 0 amide bonds. The lowest BCUT2D eigenvalue weighted by atomic mass is 9.93. The second-order valence-electron chi connectivity index (χ2n) is 5.18. The van der Waals surface area contributed by atoms with Crippen molar-refractivity contribution in [3.63, 3.8) is 0 Å². The van der Waals surface area contributed by atoms with E-state index in [1.807, 2.05) is 18.2 Å². The average molecular weight is 302 g/mol. The number of nitrogens with one attached hydrogen (secondary N) is 1. The van der Waals surface area contributed by atoms with Crippen molar-refractivity contribution in [2.45, 2.75) is 38.8 Å². The molecule has 1 fully saturated rings. The molecule has 1 aromatic carbocycles. The van der Waals surface area contributed by atoms with Crippen LogP contribution in [0.25, 0.3) is 0 Å². The molecule has 1 N–H and O–H groups in total. The SMILES string of the molecule is CCNC(Cc1cccc(Cl)c1Cl)C1OCCC1C. The second kappa shape index (κ2) is 6.94. The zero-order valence-electron chi connectivity index (χ0n) is 11.5. The van der Waals surface area contributed by atoms with Crippen LogP contribution in [0.1, 0.15) is 25.8 Å². The van der Waals surface area contributed by atoms with Gasteiger partial charge in [0.2, 0.25) is 0 Å². The first-order valence-corrected chi connectivity index (χ1v) is 7.67. The van der Waals surface area contributed by atoms with E-state index in [2.05, 4.69) is 19.2 Å². The molecule has 0 saturated carbocycles. The van der Waals surface area contributed by atoms with E-state index in [0.29, 0.717) is 22.0 Å². The normalized spacial score (nSPS) is 24.6. The van der Waals surface area contributed by atoms with Gasteiger partial charge in [-0.3, -0.25) is 0 Å². The van der Waals surface area contributed by atoms with E-state index in [9.17, 15) is 0 Å². The first-order chi connectivity index (χ1) is 9.13. The van der Waals surface area contributed by atoms with Crippen LogP contribution in [0.2, 0.25) is 10.0 Å². The Hall–Kier alpha value is -0.280. The molecule has 3 unspecified atom stereocenters. The minimum Gasteiger partial charge on any atom is -0.376 e. The molecule has 0 bridgehead atoms. The van der Waals surface area contributed by atoms with E-state index < -0.39 is 0 Å². The Kier molecular flexibility index (Phi) is 5.52. The fraction of sp³-hybridized carbons (Fsp3) is 0.600. The summed E-state index contributed by atoms with van der Waals surface area (Å²) in [6.45, 7) is 6.15. The molecule has 0 aliphatic carbocycles. The monoisotopic (exact) mass is 301 g/mol. The van der Waals surface area contributed by atoms with Crippen LogP contribution in [0, 0.1) is 5.92 Å². The highest BCUT2D eigenvalue weighted by Gasteiger charge is 2.32. The fourth-order valence-electron chi connectivity index (χ4n) is 2.74. The van der Waals surface area contributed by atoms with Gasteiger partial charge in [0.25, 0.3) is 0 Å². The number of likely N-dealkylation sites (N-methyl/N-ethyl adjacent to an activating group) is 1. The lowest BCUT2D eigenvalue weighted by molar-refractivity contribution is 0.0615. The number of hydrogen-bond donors (Lipinski definition) is 1. The van der Waals surface area contributed by atoms with Crippen LogP contribution >= 0.6 is 23.2 Å². The Balaban J connectivity index is 2.14. The summed E-state index contributed by atoms with van der Waals surface area (Å²) in [7, 11) is 0. The van der Waals surface area contributed by atoms with Gasteiger partial charge in [-0.25, -0.2) is 0 Å². The van der Waals surface area contributed by atoms with Crippen LogP contribution in [-0.2, 0) is 11.2 Å². The topological polar surface area (TPSA) is 21.3 Å². The average Bonchev–Trinajstić information content (AvgIpc) is 2.80. The molecule has 0 aromatic heterocycles.